The van der Waals surface area contributed by atoms with Gasteiger partial charge in [-0.05, 0) is 44.5 Å². The van der Waals surface area contributed by atoms with Gasteiger partial charge in [-0.2, -0.15) is 0 Å². The van der Waals surface area contributed by atoms with Gasteiger partial charge in [0.25, 0.3) is 0 Å². The molecule has 5 nitrogen and oxygen atoms in total. The van der Waals surface area contributed by atoms with Gasteiger partial charge in [0.15, 0.2) is 5.76 Å². The predicted molar refractivity (Wildman–Crippen MR) is 114 cm³/mol. The van der Waals surface area contributed by atoms with E-state index in [2.05, 4.69) is 6.92 Å². The van der Waals surface area contributed by atoms with Crippen molar-refractivity contribution >= 4 is 27.8 Å². The molecule has 0 aliphatic carbocycles. The molecule has 0 saturated heterocycles. The largest absolute Gasteiger partial charge is 0.493 e. The van der Waals surface area contributed by atoms with Gasteiger partial charge in [-0.15, -0.1) is 0 Å². The second-order valence-corrected chi connectivity index (χ2v) is 7.20. The van der Waals surface area contributed by atoms with Crippen molar-refractivity contribution in [2.45, 2.75) is 33.6 Å². The highest BCUT2D eigenvalue weighted by Crippen LogP contribution is 2.36. The molecule has 5 heteroatoms. The zero-order chi connectivity index (χ0) is 20.5. The quantitative estimate of drug-likeness (QED) is 0.401. The molecule has 0 aliphatic heterocycles. The number of rotatable bonds is 6. The molecule has 0 saturated carbocycles. The number of nitrogens with zero attached hydrogens (tertiary/aromatic N) is 1. The first-order valence-corrected chi connectivity index (χ1v) is 9.80. The first kappa shape index (κ1) is 19.0. The number of furan rings is 1. The summed E-state index contributed by atoms with van der Waals surface area (Å²) in [7, 11) is 0. The van der Waals surface area contributed by atoms with Crippen LogP contribution in [0, 0.1) is 13.8 Å². The molecular weight excluding hydrogens is 366 g/mol. The number of aryl methyl sites for hydroxylation is 2. The fourth-order valence-electron chi connectivity index (χ4n) is 3.61. The van der Waals surface area contributed by atoms with Crippen molar-refractivity contribution in [3.05, 3.63) is 59.2 Å². The van der Waals surface area contributed by atoms with Gasteiger partial charge in [0.2, 0.25) is 0 Å². The minimum atomic E-state index is -0.994. The number of para-hydroxylation sites is 1. The third kappa shape index (κ3) is 3.33. The van der Waals surface area contributed by atoms with Crippen LogP contribution >= 0.6 is 0 Å². The second kappa shape index (κ2) is 7.59. The number of carboxylic acids is 1. The monoisotopic (exact) mass is 389 g/mol. The Kier molecular flexibility index (Phi) is 4.97. The fraction of sp³-hybridized carbons (Fsp3) is 0.250. The van der Waals surface area contributed by atoms with Crippen LogP contribution in [0.15, 0.2) is 46.9 Å². The molecular formula is C24H23NO4. The van der Waals surface area contributed by atoms with E-state index in [1.54, 1.807) is 12.1 Å². The molecule has 0 bridgehead atoms. The standard InChI is InChI=1S/C24H23NO4/c1-4-5-12-28-20-11-10-17-18(24(26)27)13-19(25-22(17)15(20)3)23-14(2)16-8-6-7-9-21(16)29-23/h6-11,13H,4-5,12H2,1-3H3,(H,26,27). The number of unbranched alkanes of at least 4 members (excludes halogenated alkanes) is 1. The molecule has 0 fully saturated rings. The smallest absolute Gasteiger partial charge is 0.336 e. The van der Waals surface area contributed by atoms with Crippen LogP contribution in [0.3, 0.4) is 0 Å². The van der Waals surface area contributed by atoms with Gasteiger partial charge in [-0.1, -0.05) is 31.5 Å². The van der Waals surface area contributed by atoms with E-state index in [1.807, 2.05) is 44.2 Å². The van der Waals surface area contributed by atoms with Crippen LogP contribution in [0.2, 0.25) is 0 Å². The molecule has 0 atom stereocenters. The van der Waals surface area contributed by atoms with Crippen LogP contribution in [0.4, 0.5) is 0 Å². The lowest BCUT2D eigenvalue weighted by atomic mass is 10.0. The summed E-state index contributed by atoms with van der Waals surface area (Å²) in [4.78, 5) is 16.8. The Morgan fingerprint density at radius 2 is 1.90 bits per heavy atom. The Hall–Kier alpha value is -3.34. The van der Waals surface area contributed by atoms with Crippen molar-refractivity contribution in [3.63, 3.8) is 0 Å². The van der Waals surface area contributed by atoms with Crippen LogP contribution in [-0.2, 0) is 0 Å². The molecule has 29 heavy (non-hydrogen) atoms. The maximum absolute atomic E-state index is 12.0. The van der Waals surface area contributed by atoms with E-state index >= 15 is 0 Å². The number of aromatic nitrogens is 1. The summed E-state index contributed by atoms with van der Waals surface area (Å²) in [5.74, 6) is 0.326. The topological polar surface area (TPSA) is 72.6 Å². The lowest BCUT2D eigenvalue weighted by molar-refractivity contribution is 0.0699. The van der Waals surface area contributed by atoms with Gasteiger partial charge in [0.05, 0.1) is 17.7 Å². The molecule has 1 N–H and O–H groups in total. The van der Waals surface area contributed by atoms with E-state index in [4.69, 9.17) is 14.1 Å². The summed E-state index contributed by atoms with van der Waals surface area (Å²) in [6.07, 6.45) is 2.01. The van der Waals surface area contributed by atoms with E-state index in [1.165, 1.54) is 0 Å². The highest BCUT2D eigenvalue weighted by atomic mass is 16.5. The SMILES string of the molecule is CCCCOc1ccc2c(C(=O)O)cc(-c3oc4ccccc4c3C)nc2c1C. The zero-order valence-corrected chi connectivity index (χ0v) is 16.8. The number of aromatic carboxylic acids is 1. The summed E-state index contributed by atoms with van der Waals surface area (Å²) < 4.78 is 11.9. The van der Waals surface area contributed by atoms with E-state index < -0.39 is 5.97 Å². The Balaban J connectivity index is 1.93. The summed E-state index contributed by atoms with van der Waals surface area (Å²) in [5, 5.41) is 11.4. The van der Waals surface area contributed by atoms with Crippen molar-refractivity contribution in [1.82, 2.24) is 4.98 Å². The summed E-state index contributed by atoms with van der Waals surface area (Å²) in [6.45, 7) is 6.61. The average Bonchev–Trinajstić information content (AvgIpc) is 3.06. The Morgan fingerprint density at radius 3 is 2.62 bits per heavy atom. The third-order valence-corrected chi connectivity index (χ3v) is 5.25. The Labute approximate surface area is 168 Å². The lowest BCUT2D eigenvalue weighted by Gasteiger charge is -2.13. The third-order valence-electron chi connectivity index (χ3n) is 5.25. The van der Waals surface area contributed by atoms with E-state index in [9.17, 15) is 9.90 Å². The molecule has 2 heterocycles. The van der Waals surface area contributed by atoms with Gasteiger partial charge in [-0.25, -0.2) is 9.78 Å². The van der Waals surface area contributed by atoms with Crippen LogP contribution in [-0.4, -0.2) is 22.7 Å². The van der Waals surface area contributed by atoms with Gasteiger partial charge in [-0.3, -0.25) is 0 Å². The zero-order valence-electron chi connectivity index (χ0n) is 16.8. The molecule has 0 aliphatic rings. The molecule has 0 amide bonds. The van der Waals surface area contributed by atoms with Gasteiger partial charge >= 0.3 is 5.97 Å². The van der Waals surface area contributed by atoms with Crippen molar-refractivity contribution in [1.29, 1.82) is 0 Å². The molecule has 0 spiro atoms. The number of hydrogen-bond acceptors (Lipinski definition) is 4. The number of fused-ring (bicyclic) bond motifs is 2. The van der Waals surface area contributed by atoms with Gasteiger partial charge < -0.3 is 14.3 Å². The second-order valence-electron chi connectivity index (χ2n) is 7.20. The van der Waals surface area contributed by atoms with Crippen LogP contribution in [0.5, 0.6) is 5.75 Å². The maximum Gasteiger partial charge on any atom is 0.336 e. The molecule has 2 aromatic heterocycles. The summed E-state index contributed by atoms with van der Waals surface area (Å²) in [6, 6.07) is 12.9. The van der Waals surface area contributed by atoms with E-state index in [-0.39, 0.29) is 5.56 Å². The number of pyridine rings is 1. The average molecular weight is 389 g/mol. The van der Waals surface area contributed by atoms with Crippen LogP contribution in [0.1, 0.15) is 41.3 Å². The number of hydrogen-bond donors (Lipinski definition) is 1. The first-order valence-electron chi connectivity index (χ1n) is 9.80. The molecule has 0 unspecified atom stereocenters. The highest BCUT2D eigenvalue weighted by molar-refractivity contribution is 6.05. The number of ether oxygens (including phenoxy) is 1. The van der Waals surface area contributed by atoms with Crippen LogP contribution in [0.25, 0.3) is 33.3 Å². The molecule has 4 rings (SSSR count). The number of carboxylic acid groups (broad SMARTS) is 1. The predicted octanol–water partition coefficient (Wildman–Crippen LogP) is 6.14. The van der Waals surface area contributed by atoms with Gasteiger partial charge in [0, 0.05) is 21.9 Å². The Morgan fingerprint density at radius 1 is 1.10 bits per heavy atom. The van der Waals surface area contributed by atoms with Crippen molar-refractivity contribution in [2.24, 2.45) is 0 Å². The summed E-state index contributed by atoms with van der Waals surface area (Å²) in [5.41, 5.74) is 3.86. The Bertz CT molecular complexity index is 1220. The van der Waals surface area contributed by atoms with E-state index in [0.29, 0.717) is 29.0 Å². The van der Waals surface area contributed by atoms with Crippen LogP contribution < -0.4 is 4.74 Å². The molecule has 0 radical (unpaired) electrons. The van der Waals surface area contributed by atoms with Crippen molar-refractivity contribution in [3.8, 4) is 17.2 Å². The number of carbonyl (C=O) groups is 1. The molecule has 148 valence electrons. The summed E-state index contributed by atoms with van der Waals surface area (Å²) >= 11 is 0. The molecule has 4 aromatic rings. The van der Waals surface area contributed by atoms with E-state index in [0.717, 1.165) is 40.7 Å². The normalized spacial score (nSPS) is 11.3. The molecule has 2 aromatic carbocycles. The van der Waals surface area contributed by atoms with Crippen molar-refractivity contribution < 1.29 is 19.1 Å². The first-order chi connectivity index (χ1) is 14.0. The highest BCUT2D eigenvalue weighted by Gasteiger charge is 2.20. The van der Waals surface area contributed by atoms with Gasteiger partial charge in [0.1, 0.15) is 17.0 Å². The minimum Gasteiger partial charge on any atom is -0.493 e. The lowest BCUT2D eigenvalue weighted by Crippen LogP contribution is -2.03. The maximum atomic E-state index is 12.0. The fourth-order valence-corrected chi connectivity index (χ4v) is 3.61. The number of benzene rings is 2. The minimum absolute atomic E-state index is 0.202. The van der Waals surface area contributed by atoms with Crippen molar-refractivity contribution in [2.75, 3.05) is 6.61 Å².